The van der Waals surface area contributed by atoms with Crippen LogP contribution in [0.4, 0.5) is 4.39 Å². The number of hydrogen-bond donors (Lipinski definition) is 0. The molecular weight excluding hydrogens is 509 g/mol. The van der Waals surface area contributed by atoms with Gasteiger partial charge in [0, 0.05) is 30.3 Å². The molecule has 7 nitrogen and oxygen atoms in total. The van der Waals surface area contributed by atoms with Crippen LogP contribution in [0, 0.1) is 5.82 Å². The molecule has 0 saturated carbocycles. The Morgan fingerprint density at radius 1 is 0.975 bits per heavy atom. The van der Waals surface area contributed by atoms with Crippen LogP contribution in [-0.4, -0.2) is 47.3 Å². The Morgan fingerprint density at radius 3 is 2.40 bits per heavy atom. The van der Waals surface area contributed by atoms with Crippen molar-refractivity contribution in [3.63, 3.8) is 0 Å². The molecule has 0 aliphatic heterocycles. The van der Waals surface area contributed by atoms with Gasteiger partial charge in [-0.2, -0.15) is 4.98 Å². The Balaban J connectivity index is 1.56. The highest BCUT2D eigenvalue weighted by Crippen LogP contribution is 2.32. The number of aryl methyl sites for hydroxylation is 1. The van der Waals surface area contributed by atoms with Crippen LogP contribution in [0.5, 0.6) is 0 Å². The molecule has 210 valence electrons. The minimum absolute atomic E-state index is 0.0375. The van der Waals surface area contributed by atoms with Gasteiger partial charge in [0.2, 0.25) is 5.82 Å². The molecule has 0 amide bonds. The van der Waals surface area contributed by atoms with Crippen LogP contribution >= 0.6 is 0 Å². The van der Waals surface area contributed by atoms with E-state index in [2.05, 4.69) is 35.3 Å². The van der Waals surface area contributed by atoms with E-state index >= 15 is 0 Å². The number of hydrogen-bond acceptors (Lipinski definition) is 7. The quantitative estimate of drug-likeness (QED) is 0.205. The molecule has 40 heavy (non-hydrogen) atoms. The predicted molar refractivity (Wildman–Crippen MR) is 153 cm³/mol. The Bertz CT molecular complexity index is 1480. The fourth-order valence-corrected chi connectivity index (χ4v) is 4.59. The van der Waals surface area contributed by atoms with Crippen LogP contribution in [0.2, 0.25) is 0 Å². The minimum Gasteiger partial charge on any atom is -0.459 e. The number of halogens is 1. The molecule has 0 aliphatic rings. The normalized spacial score (nSPS) is 11.7. The third kappa shape index (κ3) is 7.20. The fraction of sp³-hybridized carbons (Fsp3) is 0.344. The second-order valence-corrected chi connectivity index (χ2v) is 10.8. The highest BCUT2D eigenvalue weighted by molar-refractivity contribution is 5.74. The fourth-order valence-electron chi connectivity index (χ4n) is 4.59. The molecule has 0 spiro atoms. The molecule has 0 N–H and O–H groups in total. The summed E-state index contributed by atoms with van der Waals surface area (Å²) in [5.74, 6) is -0.0441. The van der Waals surface area contributed by atoms with Crippen molar-refractivity contribution in [3.8, 4) is 34.0 Å². The maximum Gasteiger partial charge on any atom is 0.320 e. The maximum absolute atomic E-state index is 14.7. The number of benzene rings is 3. The SMILES string of the molecule is CCc1ccccc1-c1ccc(-c2nc(-c3ccc(F)c(CN(C)CC(=O)OC(C)(C)C)c3)no2)cc1COC. The molecule has 3 aromatic carbocycles. The predicted octanol–water partition coefficient (Wildman–Crippen LogP) is 6.69. The molecule has 0 radical (unpaired) electrons. The van der Waals surface area contributed by atoms with Gasteiger partial charge in [-0.25, -0.2) is 4.39 Å². The summed E-state index contributed by atoms with van der Waals surface area (Å²) >= 11 is 0. The second-order valence-electron chi connectivity index (χ2n) is 10.8. The first kappa shape index (κ1) is 29.1. The second kappa shape index (κ2) is 12.5. The van der Waals surface area contributed by atoms with Gasteiger partial charge in [0.25, 0.3) is 5.89 Å². The van der Waals surface area contributed by atoms with Crippen LogP contribution in [0.1, 0.15) is 44.4 Å². The summed E-state index contributed by atoms with van der Waals surface area (Å²) < 4.78 is 31.1. The van der Waals surface area contributed by atoms with Gasteiger partial charge < -0.3 is 14.0 Å². The number of methoxy groups -OCH3 is 1. The Hall–Kier alpha value is -3.88. The molecule has 0 fully saturated rings. The number of esters is 1. The Kier molecular flexibility index (Phi) is 9.12. The molecule has 0 aliphatic carbocycles. The van der Waals surface area contributed by atoms with E-state index in [1.54, 1.807) is 31.2 Å². The summed E-state index contributed by atoms with van der Waals surface area (Å²) in [5.41, 5.74) is 5.76. The van der Waals surface area contributed by atoms with E-state index in [0.29, 0.717) is 29.4 Å². The van der Waals surface area contributed by atoms with Gasteiger partial charge in [-0.3, -0.25) is 9.69 Å². The number of likely N-dealkylation sites (N-methyl/N-ethyl adjacent to an activating group) is 1. The van der Waals surface area contributed by atoms with Crippen LogP contribution < -0.4 is 0 Å². The minimum atomic E-state index is -0.579. The van der Waals surface area contributed by atoms with Crippen LogP contribution in [0.25, 0.3) is 34.0 Å². The van der Waals surface area contributed by atoms with Gasteiger partial charge in [0.1, 0.15) is 11.4 Å². The van der Waals surface area contributed by atoms with Crippen molar-refractivity contribution in [3.05, 3.63) is 83.2 Å². The molecular formula is C32H36FN3O4. The van der Waals surface area contributed by atoms with E-state index in [0.717, 1.165) is 23.1 Å². The summed E-state index contributed by atoms with van der Waals surface area (Å²) in [4.78, 5) is 18.5. The van der Waals surface area contributed by atoms with Gasteiger partial charge in [-0.15, -0.1) is 0 Å². The van der Waals surface area contributed by atoms with E-state index in [-0.39, 0.29) is 24.9 Å². The molecule has 4 aromatic rings. The first-order valence-corrected chi connectivity index (χ1v) is 13.3. The summed E-state index contributed by atoms with van der Waals surface area (Å²) in [5, 5.41) is 4.16. The van der Waals surface area contributed by atoms with Gasteiger partial charge >= 0.3 is 5.97 Å². The lowest BCUT2D eigenvalue weighted by Gasteiger charge is -2.22. The van der Waals surface area contributed by atoms with Gasteiger partial charge in [0.05, 0.1) is 13.2 Å². The van der Waals surface area contributed by atoms with E-state index < -0.39 is 5.60 Å². The smallest absolute Gasteiger partial charge is 0.320 e. The van der Waals surface area contributed by atoms with Crippen molar-refractivity contribution in [2.75, 3.05) is 20.7 Å². The zero-order valence-electron chi connectivity index (χ0n) is 24.0. The number of carbonyl (C=O) groups excluding carboxylic acids is 1. The third-order valence-electron chi connectivity index (χ3n) is 6.33. The number of aromatic nitrogens is 2. The van der Waals surface area contributed by atoms with Crippen molar-refractivity contribution in [1.29, 1.82) is 0 Å². The number of nitrogens with zero attached hydrogens (tertiary/aromatic N) is 3. The lowest BCUT2D eigenvalue weighted by Crippen LogP contribution is -2.32. The average Bonchev–Trinajstić information content (AvgIpc) is 3.39. The van der Waals surface area contributed by atoms with Crippen molar-refractivity contribution < 1.29 is 23.2 Å². The van der Waals surface area contributed by atoms with Crippen LogP contribution in [-0.2, 0) is 33.8 Å². The van der Waals surface area contributed by atoms with Crippen molar-refractivity contribution in [2.24, 2.45) is 0 Å². The summed E-state index contributed by atoms with van der Waals surface area (Å²) in [6.45, 7) is 8.26. The standard InChI is InChI=1S/C32H36FN3O4/c1-7-21-10-8-9-11-26(21)27-14-12-23(17-25(27)20-38-6)31-34-30(35-40-31)22-13-15-28(33)24(16-22)18-36(5)19-29(37)39-32(2,3)4/h8-17H,7,18-20H2,1-6H3. The zero-order valence-corrected chi connectivity index (χ0v) is 24.0. The maximum atomic E-state index is 14.7. The molecule has 4 rings (SSSR count). The highest BCUT2D eigenvalue weighted by atomic mass is 19.1. The molecule has 0 unspecified atom stereocenters. The number of carbonyl (C=O) groups is 1. The molecule has 0 bridgehead atoms. The number of ether oxygens (including phenoxy) is 2. The van der Waals surface area contributed by atoms with E-state index in [4.69, 9.17) is 14.0 Å². The molecule has 0 atom stereocenters. The van der Waals surface area contributed by atoms with E-state index in [9.17, 15) is 9.18 Å². The topological polar surface area (TPSA) is 77.7 Å². The lowest BCUT2D eigenvalue weighted by atomic mass is 9.93. The highest BCUT2D eigenvalue weighted by Gasteiger charge is 2.19. The molecule has 8 heteroatoms. The van der Waals surface area contributed by atoms with Gasteiger partial charge in [-0.05, 0) is 86.8 Å². The lowest BCUT2D eigenvalue weighted by molar-refractivity contribution is -0.155. The van der Waals surface area contributed by atoms with E-state index in [1.807, 2.05) is 45.0 Å². The molecule has 0 saturated heterocycles. The average molecular weight is 546 g/mol. The van der Waals surface area contributed by atoms with Crippen molar-refractivity contribution >= 4 is 5.97 Å². The van der Waals surface area contributed by atoms with Crippen LogP contribution in [0.3, 0.4) is 0 Å². The summed E-state index contributed by atoms with van der Waals surface area (Å²) in [7, 11) is 3.41. The van der Waals surface area contributed by atoms with Gasteiger partial charge in [-0.1, -0.05) is 42.4 Å². The largest absolute Gasteiger partial charge is 0.459 e. The molecule has 1 aromatic heterocycles. The van der Waals surface area contributed by atoms with E-state index in [1.165, 1.54) is 17.2 Å². The molecule has 1 heterocycles. The van der Waals surface area contributed by atoms with Gasteiger partial charge in [0.15, 0.2) is 0 Å². The zero-order chi connectivity index (χ0) is 28.9. The van der Waals surface area contributed by atoms with Crippen molar-refractivity contribution in [1.82, 2.24) is 15.0 Å². The summed E-state index contributed by atoms with van der Waals surface area (Å²) in [6.07, 6.45) is 0.924. The van der Waals surface area contributed by atoms with Crippen molar-refractivity contribution in [2.45, 2.75) is 52.9 Å². The number of rotatable bonds is 10. The Morgan fingerprint density at radius 2 is 1.68 bits per heavy atom. The third-order valence-corrected chi connectivity index (χ3v) is 6.33. The Labute approximate surface area is 234 Å². The summed E-state index contributed by atoms with van der Waals surface area (Å²) in [6, 6.07) is 19.0. The first-order valence-electron chi connectivity index (χ1n) is 13.3. The first-order chi connectivity index (χ1) is 19.1. The monoisotopic (exact) mass is 545 g/mol. The van der Waals surface area contributed by atoms with Crippen LogP contribution in [0.15, 0.2) is 65.2 Å².